The Morgan fingerprint density at radius 1 is 1.12 bits per heavy atom. The van der Waals surface area contributed by atoms with Crippen LogP contribution >= 0.6 is 0 Å². The van der Waals surface area contributed by atoms with E-state index in [4.69, 9.17) is 13.9 Å². The first-order valence-corrected chi connectivity index (χ1v) is 8.87. The molecule has 3 aliphatic rings. The van der Waals surface area contributed by atoms with E-state index in [0.29, 0.717) is 12.8 Å². The van der Waals surface area contributed by atoms with E-state index in [1.807, 2.05) is 6.07 Å². The molecule has 24 heavy (non-hydrogen) atoms. The smallest absolute Gasteiger partial charge is 0.339 e. The zero-order valence-corrected chi connectivity index (χ0v) is 13.7. The summed E-state index contributed by atoms with van der Waals surface area (Å²) in [6, 6.07) is 4.08. The summed E-state index contributed by atoms with van der Waals surface area (Å²) in [5, 5.41) is 1.09. The molecule has 1 fully saturated rings. The van der Waals surface area contributed by atoms with E-state index in [-0.39, 0.29) is 5.63 Å². The number of ether oxygens (including phenoxy) is 2. The minimum atomic E-state index is -0.167. The average Bonchev–Trinajstić information content (AvgIpc) is 3.27. The molecule has 126 valence electrons. The Labute approximate surface area is 140 Å². The van der Waals surface area contributed by atoms with Crippen molar-refractivity contribution >= 4 is 11.0 Å². The Bertz CT molecular complexity index is 851. The molecule has 2 aliphatic heterocycles. The van der Waals surface area contributed by atoms with Crippen LogP contribution in [-0.2, 0) is 24.1 Å². The Morgan fingerprint density at radius 2 is 2.04 bits per heavy atom. The molecule has 0 saturated carbocycles. The summed E-state index contributed by atoms with van der Waals surface area (Å²) in [7, 11) is 0. The van der Waals surface area contributed by atoms with Crippen LogP contribution in [0.4, 0.5) is 0 Å². The Balaban J connectivity index is 1.55. The molecule has 5 rings (SSSR count). The van der Waals surface area contributed by atoms with Crippen LogP contribution in [-0.4, -0.2) is 30.9 Å². The number of benzene rings is 1. The fourth-order valence-electron chi connectivity index (χ4n) is 4.29. The van der Waals surface area contributed by atoms with Crippen LogP contribution in [0.5, 0.6) is 5.75 Å². The largest absolute Gasteiger partial charge is 0.478 e. The second-order valence-corrected chi connectivity index (χ2v) is 7.04. The van der Waals surface area contributed by atoms with Crippen molar-refractivity contribution in [2.24, 2.45) is 0 Å². The Morgan fingerprint density at radius 3 is 2.92 bits per heavy atom. The van der Waals surface area contributed by atoms with Crippen molar-refractivity contribution < 1.29 is 13.9 Å². The summed E-state index contributed by atoms with van der Waals surface area (Å²) in [5.41, 5.74) is 3.61. The number of rotatable bonds is 2. The molecular weight excluding hydrogens is 306 g/mol. The van der Waals surface area contributed by atoms with Gasteiger partial charge in [0.05, 0.1) is 11.7 Å². The van der Waals surface area contributed by atoms with Gasteiger partial charge in [0, 0.05) is 30.6 Å². The quantitative estimate of drug-likeness (QED) is 0.794. The van der Waals surface area contributed by atoms with Gasteiger partial charge in [0.25, 0.3) is 0 Å². The predicted molar refractivity (Wildman–Crippen MR) is 89.4 cm³/mol. The molecule has 5 heteroatoms. The molecule has 1 aromatic carbocycles. The normalized spacial score (nSPS) is 23.2. The van der Waals surface area contributed by atoms with Gasteiger partial charge in [-0.25, -0.2) is 4.79 Å². The molecule has 5 nitrogen and oxygen atoms in total. The molecule has 1 atom stereocenters. The lowest BCUT2D eigenvalue weighted by Gasteiger charge is -2.30. The maximum absolute atomic E-state index is 12.3. The van der Waals surface area contributed by atoms with Crippen LogP contribution in [0.1, 0.15) is 36.0 Å². The summed E-state index contributed by atoms with van der Waals surface area (Å²) in [6.45, 7) is 3.03. The van der Waals surface area contributed by atoms with Gasteiger partial charge in [0.15, 0.2) is 0 Å². The van der Waals surface area contributed by atoms with E-state index >= 15 is 0 Å². The van der Waals surface area contributed by atoms with Gasteiger partial charge in [-0.1, -0.05) is 0 Å². The monoisotopic (exact) mass is 327 g/mol. The van der Waals surface area contributed by atoms with E-state index in [1.165, 1.54) is 5.56 Å². The van der Waals surface area contributed by atoms with Crippen LogP contribution in [0.25, 0.3) is 11.0 Å². The van der Waals surface area contributed by atoms with Gasteiger partial charge >= 0.3 is 5.63 Å². The van der Waals surface area contributed by atoms with Crippen LogP contribution in [0.15, 0.2) is 21.3 Å². The van der Waals surface area contributed by atoms with Crippen molar-refractivity contribution in [3.8, 4) is 5.75 Å². The van der Waals surface area contributed by atoms with Crippen LogP contribution in [0.2, 0.25) is 0 Å². The van der Waals surface area contributed by atoms with Crippen molar-refractivity contribution in [2.45, 2.75) is 44.8 Å². The first kappa shape index (κ1) is 14.5. The second-order valence-electron chi connectivity index (χ2n) is 7.04. The predicted octanol–water partition coefficient (Wildman–Crippen LogP) is 2.61. The lowest BCUT2D eigenvalue weighted by molar-refractivity contribution is 0.0281. The first-order valence-electron chi connectivity index (χ1n) is 8.87. The maximum Gasteiger partial charge on any atom is 0.339 e. The summed E-state index contributed by atoms with van der Waals surface area (Å²) in [5.74, 6) is 0.840. The van der Waals surface area contributed by atoms with E-state index in [0.717, 1.165) is 79.6 Å². The van der Waals surface area contributed by atoms with Crippen molar-refractivity contribution in [1.29, 1.82) is 0 Å². The number of nitrogens with zero attached hydrogens (tertiary/aromatic N) is 1. The van der Waals surface area contributed by atoms with Gasteiger partial charge in [-0.2, -0.15) is 0 Å². The highest BCUT2D eigenvalue weighted by Gasteiger charge is 2.27. The molecular formula is C19H21NO4. The molecule has 0 bridgehead atoms. The van der Waals surface area contributed by atoms with E-state index < -0.39 is 0 Å². The van der Waals surface area contributed by atoms with Crippen molar-refractivity contribution in [3.05, 3.63) is 39.2 Å². The van der Waals surface area contributed by atoms with Gasteiger partial charge in [0.1, 0.15) is 18.1 Å². The van der Waals surface area contributed by atoms with Gasteiger partial charge < -0.3 is 13.9 Å². The van der Waals surface area contributed by atoms with Gasteiger partial charge in [-0.3, -0.25) is 4.90 Å². The fourth-order valence-corrected chi connectivity index (χ4v) is 4.29. The average molecular weight is 327 g/mol. The highest BCUT2D eigenvalue weighted by molar-refractivity contribution is 5.86. The first-order chi connectivity index (χ1) is 11.8. The van der Waals surface area contributed by atoms with Gasteiger partial charge in [0.2, 0.25) is 0 Å². The second kappa shape index (κ2) is 5.60. The standard InChI is InChI=1S/C19H21NO4/c21-19-15-5-1-4-13(15)14-6-7-17-16(18(14)24-19)10-20(11-23-17)9-12-3-2-8-22-12/h6-7,12H,1-5,8-11H2/t12-/m0/s1. The molecule has 0 unspecified atom stereocenters. The Hall–Kier alpha value is -1.85. The third kappa shape index (κ3) is 2.26. The topological polar surface area (TPSA) is 51.9 Å². The minimum absolute atomic E-state index is 0.167. The lowest BCUT2D eigenvalue weighted by Crippen LogP contribution is -2.37. The molecule has 2 aromatic rings. The van der Waals surface area contributed by atoms with E-state index in [2.05, 4.69) is 11.0 Å². The minimum Gasteiger partial charge on any atom is -0.478 e. The highest BCUT2D eigenvalue weighted by Crippen LogP contribution is 2.36. The van der Waals surface area contributed by atoms with Crippen LogP contribution in [0.3, 0.4) is 0 Å². The van der Waals surface area contributed by atoms with Crippen LogP contribution in [0, 0.1) is 0 Å². The van der Waals surface area contributed by atoms with Gasteiger partial charge in [-0.15, -0.1) is 0 Å². The fraction of sp³-hybridized carbons (Fsp3) is 0.526. The van der Waals surface area contributed by atoms with E-state index in [9.17, 15) is 4.79 Å². The van der Waals surface area contributed by atoms with E-state index in [1.54, 1.807) is 0 Å². The number of fused-ring (bicyclic) bond motifs is 5. The summed E-state index contributed by atoms with van der Waals surface area (Å²) in [6.07, 6.45) is 5.39. The molecule has 1 aliphatic carbocycles. The third-order valence-electron chi connectivity index (χ3n) is 5.47. The summed E-state index contributed by atoms with van der Waals surface area (Å²) in [4.78, 5) is 14.6. The SMILES string of the molecule is O=c1oc2c3c(ccc2c2c1CCC2)OCN(C[C@@H]1CCCO1)C3. The molecule has 3 heterocycles. The van der Waals surface area contributed by atoms with Gasteiger partial charge in [-0.05, 0) is 49.8 Å². The third-order valence-corrected chi connectivity index (χ3v) is 5.47. The molecule has 0 spiro atoms. The maximum atomic E-state index is 12.3. The molecule has 0 radical (unpaired) electrons. The Kier molecular flexibility index (Phi) is 3.38. The molecule has 0 amide bonds. The molecule has 0 N–H and O–H groups in total. The lowest BCUT2D eigenvalue weighted by atomic mass is 10.0. The number of aryl methyl sites for hydroxylation is 1. The zero-order valence-electron chi connectivity index (χ0n) is 13.7. The zero-order chi connectivity index (χ0) is 16.1. The molecule has 1 aromatic heterocycles. The van der Waals surface area contributed by atoms with Crippen LogP contribution < -0.4 is 10.4 Å². The van der Waals surface area contributed by atoms with Crippen molar-refractivity contribution in [1.82, 2.24) is 4.90 Å². The van der Waals surface area contributed by atoms with Crippen molar-refractivity contribution in [3.63, 3.8) is 0 Å². The number of hydrogen-bond acceptors (Lipinski definition) is 5. The number of hydrogen-bond donors (Lipinski definition) is 0. The molecule has 1 saturated heterocycles. The summed E-state index contributed by atoms with van der Waals surface area (Å²) >= 11 is 0. The van der Waals surface area contributed by atoms with Crippen molar-refractivity contribution in [2.75, 3.05) is 19.9 Å². The highest BCUT2D eigenvalue weighted by atomic mass is 16.5. The summed E-state index contributed by atoms with van der Waals surface area (Å²) < 4.78 is 17.4.